The van der Waals surface area contributed by atoms with Crippen LogP contribution < -0.4 is 99.5 Å². The molecule has 746 valence electrons. The van der Waals surface area contributed by atoms with Gasteiger partial charge in [-0.1, -0.05) is 84.2 Å². The minimum atomic E-state index is -1.05. The summed E-state index contributed by atoms with van der Waals surface area (Å²) in [5, 5.41) is 106. The molecular weight excluding hydrogens is 1930 g/mol. The van der Waals surface area contributed by atoms with Crippen LogP contribution in [0.2, 0.25) is 20.5 Å². The first-order chi connectivity index (χ1) is 66.0. The Kier molecular flexibility index (Phi) is 49.9. The molecule has 45 nitrogen and oxygen atoms in total. The minimum Gasteiger partial charge on any atom is -0.870 e. The summed E-state index contributed by atoms with van der Waals surface area (Å²) in [6, 6.07) is 31.7. The van der Waals surface area contributed by atoms with Crippen LogP contribution in [0.4, 0.5) is 62.8 Å². The smallest absolute Gasteiger partial charge is 0.870 e. The molecule has 3 aliphatic rings. The Hall–Kier alpha value is -14.4. The molecule has 3 fully saturated rings. The number of aliphatic hydroxyl groups is 3. The number of primary amides is 1. The third-order valence-corrected chi connectivity index (χ3v) is 20.3. The summed E-state index contributed by atoms with van der Waals surface area (Å²) < 4.78 is 19.9. The number of benzene rings is 5. The number of halogens is 4. The molecule has 0 spiro atoms. The number of ether oxygens (including phenoxy) is 4. The van der Waals surface area contributed by atoms with Crippen LogP contribution in [0.15, 0.2) is 121 Å². The molecule has 3 saturated carbocycles. The van der Waals surface area contributed by atoms with Gasteiger partial charge in [0.15, 0.2) is 55.6 Å². The van der Waals surface area contributed by atoms with Crippen molar-refractivity contribution in [3.05, 3.63) is 226 Å². The van der Waals surface area contributed by atoms with Crippen LogP contribution in [-0.2, 0) is 53.2 Å². The molecule has 0 aliphatic heterocycles. The van der Waals surface area contributed by atoms with Gasteiger partial charge in [0.1, 0.15) is 0 Å². The van der Waals surface area contributed by atoms with Crippen LogP contribution in [0.25, 0.3) is 0 Å². The average molecular weight is 2040 g/mol. The van der Waals surface area contributed by atoms with Crippen molar-refractivity contribution in [2.24, 2.45) is 23.5 Å². The SMILES string of the molecule is C.CCOC(=O)c1cccc(N)c1CO.CCOC(=O)c1cccc(Nc2cc(Cl)nnc2C(=O)NC)c1CO.CCOC(=O)c1cccc(Nc2cc(Cl)nnc2C(=O)NC)c1CO.CCOC(=O)c1cccc(Nc2cc(NC(=O)C3CC3)nnc2C(=O)NC)c1C.CNC(=O)c1nnc(Cl)cc1Cl.CNC(=O)c1nnc(NC(=O)C2CC2)cc1Nc1cccc(C(=O)O)c1C.NC(=O)C1CC1.[Na+].[OH-]. The van der Waals surface area contributed by atoms with Crippen molar-refractivity contribution in [3.8, 4) is 0 Å². The molecule has 0 saturated heterocycles. The fraction of sp³-hybridized carbons (Fsp3) is 0.308. The van der Waals surface area contributed by atoms with Crippen molar-refractivity contribution in [3.63, 3.8) is 0 Å². The molecule has 5 aromatic heterocycles. The number of nitrogens with two attached hydrogens (primary N) is 2. The average Bonchev–Trinajstić information content (AvgIpc) is 1.53. The largest absolute Gasteiger partial charge is 1.00 e. The summed E-state index contributed by atoms with van der Waals surface area (Å²) in [6.45, 7) is 10.2. The fourth-order valence-electron chi connectivity index (χ4n) is 11.8. The summed E-state index contributed by atoms with van der Waals surface area (Å²) >= 11 is 22.8. The third-order valence-electron chi connectivity index (χ3n) is 19.4. The van der Waals surface area contributed by atoms with E-state index in [1.165, 1.54) is 65.6 Å². The second kappa shape index (κ2) is 59.1. The van der Waals surface area contributed by atoms with E-state index in [2.05, 4.69) is 109 Å². The Labute approximate surface area is 851 Å². The van der Waals surface area contributed by atoms with Gasteiger partial charge in [-0.25, -0.2) is 24.0 Å². The van der Waals surface area contributed by atoms with Crippen LogP contribution in [0.1, 0.15) is 206 Å². The molecule has 0 radical (unpaired) electrons. The molecular formula is C91H106Cl4N23NaO22. The van der Waals surface area contributed by atoms with Gasteiger partial charge in [-0.05, 0) is 158 Å². The van der Waals surface area contributed by atoms with Crippen molar-refractivity contribution in [1.82, 2.24) is 77.6 Å². The number of carboxylic acid groups (broad SMARTS) is 1. The third kappa shape index (κ3) is 35.2. The van der Waals surface area contributed by atoms with Crippen molar-refractivity contribution in [2.45, 2.75) is 107 Å². The molecule has 5 aromatic carbocycles. The van der Waals surface area contributed by atoms with E-state index in [9.17, 15) is 77.6 Å². The number of hydrogen-bond acceptors (Lipinski definition) is 36. The summed E-state index contributed by atoms with van der Waals surface area (Å²) in [5.41, 5.74) is 17.9. The number of rotatable bonds is 30. The molecule has 50 heteroatoms. The number of aliphatic hydroxyl groups excluding tert-OH is 3. The molecule has 20 N–H and O–H groups in total. The molecule has 0 atom stereocenters. The predicted octanol–water partition coefficient (Wildman–Crippen LogP) is 7.58. The Morgan fingerprint density at radius 1 is 0.369 bits per heavy atom. The van der Waals surface area contributed by atoms with Gasteiger partial charge in [-0.15, -0.1) is 51.0 Å². The topological polar surface area (TPSA) is 683 Å². The van der Waals surface area contributed by atoms with Crippen molar-refractivity contribution < 1.29 is 137 Å². The van der Waals surface area contributed by atoms with E-state index < -0.39 is 66.7 Å². The van der Waals surface area contributed by atoms with Gasteiger partial charge < -0.3 is 115 Å². The number of esters is 4. The second-order valence-corrected chi connectivity index (χ2v) is 30.5. The van der Waals surface area contributed by atoms with Crippen LogP contribution in [-0.4, -0.2) is 216 Å². The molecule has 10 aromatic rings. The summed E-state index contributed by atoms with van der Waals surface area (Å²) in [5.74, 6) is -4.89. The van der Waals surface area contributed by atoms with Gasteiger partial charge >= 0.3 is 59.4 Å². The zero-order valence-corrected chi connectivity index (χ0v) is 82.8. The molecule has 0 unspecified atom stereocenters. The zero-order valence-electron chi connectivity index (χ0n) is 77.8. The van der Waals surface area contributed by atoms with E-state index in [0.717, 1.165) is 38.5 Å². The minimum absolute atomic E-state index is 0. The van der Waals surface area contributed by atoms with E-state index in [0.29, 0.717) is 85.4 Å². The van der Waals surface area contributed by atoms with Gasteiger partial charge in [-0.2, -0.15) is 0 Å². The quantitative estimate of drug-likeness (QED) is 0.00892. The first-order valence-electron chi connectivity index (χ1n) is 42.2. The van der Waals surface area contributed by atoms with Gasteiger partial charge in [0.25, 0.3) is 29.5 Å². The van der Waals surface area contributed by atoms with Gasteiger partial charge in [0.2, 0.25) is 17.7 Å². The molecule has 5 heterocycles. The predicted molar refractivity (Wildman–Crippen MR) is 518 cm³/mol. The van der Waals surface area contributed by atoms with Crippen LogP contribution in [0.3, 0.4) is 0 Å². The number of nitrogens with zero attached hydrogens (tertiary/aromatic N) is 10. The number of carbonyl (C=O) groups is 13. The standard InChI is InChI=1S/C20H23N5O4.C18H19N5O4.2C16H17ClN4O4.C10H13NO3.C6H5Cl2N3O.C4H7NO.CH4.Na.H2O/c1-4-29-20(28)13-6-5-7-14(11(13)2)22-15-10-16(23-18(26)12-8-9-12)24-25-17(15)19(27)21-3;1-9-11(18(26)27)4-3-5-12(9)20-13-8-14(21-16(24)10-6-7-10)22-23-15(13)17(25)19-2;2*1-3-25-16(24)9-5-4-6-11(10(9)8-22)19-12-7-13(17)20-21-14(12)15(23)18-2;1-2-14-10(13)7-4-3-5-9(11)8(7)6-12;1-9-6(12)5-3(7)2-4(8)10-11-5;5-4(6)3-1-2-3;;;/h5-7,10,12H,4,8-9H2,1-3H3,(H,21,27)(H2,22,23,24,26);3-5,8,10H,6-7H2,1-2H3,(H,19,25)(H,26,27)(H2,20,21,22,24);2*4-7,22H,3,8H2,1-2H3,(H,18,23)(H,19,20);3-5,12H,2,6,11H2,1H3;2H,1H3,(H,9,12);3H,1-2H2,(H2,5,6);1H4;;1H2/q;;;;;;;;+1;/p-1. The Morgan fingerprint density at radius 3 is 0.957 bits per heavy atom. The van der Waals surface area contributed by atoms with Crippen LogP contribution >= 0.6 is 46.4 Å². The van der Waals surface area contributed by atoms with E-state index in [4.69, 9.17) is 81.9 Å². The number of hydrogen-bond donors (Lipinski definition) is 17. The first-order valence-corrected chi connectivity index (χ1v) is 43.7. The number of carboxylic acids is 1. The molecule has 8 amide bonds. The normalized spacial score (nSPS) is 11.4. The maximum absolute atomic E-state index is 12.2. The van der Waals surface area contributed by atoms with Gasteiger partial charge in [0, 0.05) is 122 Å². The Morgan fingerprint density at radius 2 is 0.645 bits per heavy atom. The number of amides is 8. The van der Waals surface area contributed by atoms with E-state index in [1.807, 2.05) is 0 Å². The van der Waals surface area contributed by atoms with Crippen molar-refractivity contribution >= 4 is 186 Å². The maximum atomic E-state index is 12.2. The van der Waals surface area contributed by atoms with Crippen LogP contribution in [0, 0.1) is 31.6 Å². The van der Waals surface area contributed by atoms with E-state index >= 15 is 0 Å². The number of aromatic nitrogens is 10. The fourth-order valence-corrected chi connectivity index (χ4v) is 12.5. The number of nitrogens with one attached hydrogen (secondary N) is 11. The number of aromatic carboxylic acids is 1. The van der Waals surface area contributed by atoms with Gasteiger partial charge in [0.05, 0.1) is 102 Å². The molecule has 13 rings (SSSR count). The van der Waals surface area contributed by atoms with Gasteiger partial charge in [-0.3, -0.25) is 38.4 Å². The van der Waals surface area contributed by atoms with Crippen molar-refractivity contribution in [1.29, 1.82) is 0 Å². The summed E-state index contributed by atoms with van der Waals surface area (Å²) in [6.07, 6.45) is 5.47. The molecule has 141 heavy (non-hydrogen) atoms. The molecule has 3 aliphatic carbocycles. The number of anilines is 11. The maximum Gasteiger partial charge on any atom is 1.00 e. The summed E-state index contributed by atoms with van der Waals surface area (Å²) in [4.78, 5) is 152. The zero-order chi connectivity index (χ0) is 102. The monoisotopic (exact) mass is 2040 g/mol. The Bertz CT molecular complexity index is 5990. The van der Waals surface area contributed by atoms with Crippen LogP contribution in [0.5, 0.6) is 0 Å². The second-order valence-electron chi connectivity index (χ2n) is 29.0. The number of carbonyl (C=O) groups excluding carboxylic acids is 12. The summed E-state index contributed by atoms with van der Waals surface area (Å²) in [7, 11) is 7.36. The first kappa shape index (κ1) is 119. The molecule has 0 bridgehead atoms. The Balaban J connectivity index is 0.000000353. The number of nitrogen functional groups attached to an aromatic ring is 1. The van der Waals surface area contributed by atoms with Crippen molar-refractivity contribution in [2.75, 3.05) is 99.3 Å². The van der Waals surface area contributed by atoms with E-state index in [-0.39, 0.29) is 199 Å². The van der Waals surface area contributed by atoms with E-state index in [1.54, 1.807) is 133 Å².